The van der Waals surface area contributed by atoms with E-state index in [1.165, 1.54) is 0 Å². The van der Waals surface area contributed by atoms with Crippen molar-refractivity contribution < 1.29 is 18.5 Å². The first-order valence-electron chi connectivity index (χ1n) is 5.54. The lowest BCUT2D eigenvalue weighted by Crippen LogP contribution is -2.31. The average Bonchev–Trinajstić information content (AvgIpc) is 3.12. The molecule has 0 heterocycles. The summed E-state index contributed by atoms with van der Waals surface area (Å²) >= 11 is 0. The Morgan fingerprint density at radius 3 is 2.58 bits per heavy atom. The molecule has 0 saturated heterocycles. The number of nitro groups is 1. The minimum atomic E-state index is -1.19. The van der Waals surface area contributed by atoms with Gasteiger partial charge in [-0.05, 0) is 12.8 Å². The van der Waals surface area contributed by atoms with Gasteiger partial charge in [0.15, 0.2) is 11.5 Å². The number of nitro benzene ring substituents is 1. The van der Waals surface area contributed by atoms with Crippen molar-refractivity contribution in [2.45, 2.75) is 12.8 Å². The number of hydrogen-bond donors (Lipinski definition) is 2. The van der Waals surface area contributed by atoms with Crippen LogP contribution in [0.25, 0.3) is 0 Å². The van der Waals surface area contributed by atoms with Crippen molar-refractivity contribution in [2.75, 3.05) is 11.9 Å². The topological polar surface area (TPSA) is 98.3 Å². The smallest absolute Gasteiger partial charge is 0.298 e. The molecule has 0 spiro atoms. The van der Waals surface area contributed by atoms with Gasteiger partial charge in [0.05, 0.1) is 16.4 Å². The maximum Gasteiger partial charge on any atom is 0.298 e. The van der Waals surface area contributed by atoms with E-state index in [2.05, 4.69) is 5.32 Å². The van der Waals surface area contributed by atoms with Crippen LogP contribution < -0.4 is 11.1 Å². The fourth-order valence-electron chi connectivity index (χ4n) is 1.75. The first kappa shape index (κ1) is 13.3. The highest BCUT2D eigenvalue weighted by Gasteiger charge is 2.49. The van der Waals surface area contributed by atoms with E-state index in [-0.39, 0.29) is 6.54 Å². The molecule has 3 N–H and O–H groups in total. The molecule has 0 bridgehead atoms. The standard InChI is InChI=1S/C11H11F2N3O3/c12-6-3-7(13)9(8(4-6)16(18)19)15-10(17)11(5-14)1-2-11/h3-4H,1-2,5,14H2,(H,15,17). The first-order chi connectivity index (χ1) is 8.89. The monoisotopic (exact) mass is 271 g/mol. The third kappa shape index (κ3) is 2.39. The predicted molar refractivity (Wildman–Crippen MR) is 62.4 cm³/mol. The van der Waals surface area contributed by atoms with Crippen molar-refractivity contribution in [1.82, 2.24) is 0 Å². The Hall–Kier alpha value is -2.09. The third-order valence-electron chi connectivity index (χ3n) is 3.20. The molecule has 1 aliphatic carbocycles. The largest absolute Gasteiger partial charge is 0.329 e. The quantitative estimate of drug-likeness (QED) is 0.641. The summed E-state index contributed by atoms with van der Waals surface area (Å²) in [5.41, 5.74) is 3.20. The average molecular weight is 271 g/mol. The number of benzene rings is 1. The van der Waals surface area contributed by atoms with Crippen LogP contribution in [0.2, 0.25) is 0 Å². The van der Waals surface area contributed by atoms with E-state index in [0.29, 0.717) is 25.0 Å². The third-order valence-corrected chi connectivity index (χ3v) is 3.20. The number of carbonyl (C=O) groups is 1. The number of nitrogens with one attached hydrogen (secondary N) is 1. The molecular weight excluding hydrogens is 260 g/mol. The summed E-state index contributed by atoms with van der Waals surface area (Å²) in [5.74, 6) is -2.85. The first-order valence-corrected chi connectivity index (χ1v) is 5.54. The van der Waals surface area contributed by atoms with Crippen LogP contribution in [-0.4, -0.2) is 17.4 Å². The minimum Gasteiger partial charge on any atom is -0.329 e. The predicted octanol–water partition coefficient (Wildman–Crippen LogP) is 1.55. The van der Waals surface area contributed by atoms with Crippen molar-refractivity contribution in [3.63, 3.8) is 0 Å². The number of rotatable bonds is 4. The lowest BCUT2D eigenvalue weighted by molar-refractivity contribution is -0.384. The molecule has 0 unspecified atom stereocenters. The molecule has 1 fully saturated rings. The summed E-state index contributed by atoms with van der Waals surface area (Å²) in [6.07, 6.45) is 1.10. The number of carbonyl (C=O) groups excluding carboxylic acids is 1. The van der Waals surface area contributed by atoms with Gasteiger partial charge in [-0.1, -0.05) is 0 Å². The number of halogens is 2. The van der Waals surface area contributed by atoms with Crippen LogP contribution in [0.1, 0.15) is 12.8 Å². The second-order valence-electron chi connectivity index (χ2n) is 4.48. The van der Waals surface area contributed by atoms with Gasteiger partial charge in [0.2, 0.25) is 5.91 Å². The van der Waals surface area contributed by atoms with Crippen molar-refractivity contribution in [3.8, 4) is 0 Å². The molecule has 1 amide bonds. The number of nitrogens with two attached hydrogens (primary N) is 1. The Morgan fingerprint density at radius 2 is 2.11 bits per heavy atom. The normalized spacial score (nSPS) is 15.9. The lowest BCUT2D eigenvalue weighted by atomic mass is 10.1. The molecule has 102 valence electrons. The van der Waals surface area contributed by atoms with Crippen molar-refractivity contribution in [1.29, 1.82) is 0 Å². The van der Waals surface area contributed by atoms with E-state index in [4.69, 9.17) is 5.73 Å². The van der Waals surface area contributed by atoms with Gasteiger partial charge in [0, 0.05) is 12.6 Å². The highest BCUT2D eigenvalue weighted by Crippen LogP contribution is 2.46. The van der Waals surface area contributed by atoms with Gasteiger partial charge in [-0.25, -0.2) is 8.78 Å². The van der Waals surface area contributed by atoms with Crippen molar-refractivity contribution in [2.24, 2.45) is 11.1 Å². The number of nitrogens with zero attached hydrogens (tertiary/aromatic N) is 1. The molecule has 0 aromatic heterocycles. The van der Waals surface area contributed by atoms with Gasteiger partial charge in [0.25, 0.3) is 5.69 Å². The summed E-state index contributed by atoms with van der Waals surface area (Å²) in [7, 11) is 0. The fourth-order valence-corrected chi connectivity index (χ4v) is 1.75. The van der Waals surface area contributed by atoms with Crippen molar-refractivity contribution in [3.05, 3.63) is 33.9 Å². The molecule has 0 aliphatic heterocycles. The van der Waals surface area contributed by atoms with Crippen LogP contribution in [0.3, 0.4) is 0 Å². The lowest BCUT2D eigenvalue weighted by Gasteiger charge is -2.13. The maximum atomic E-state index is 13.6. The fraction of sp³-hybridized carbons (Fsp3) is 0.364. The van der Waals surface area contributed by atoms with E-state index < -0.39 is 39.3 Å². The van der Waals surface area contributed by atoms with Gasteiger partial charge in [-0.3, -0.25) is 14.9 Å². The van der Waals surface area contributed by atoms with Gasteiger partial charge < -0.3 is 11.1 Å². The molecule has 0 atom stereocenters. The van der Waals surface area contributed by atoms with Crippen LogP contribution in [-0.2, 0) is 4.79 Å². The van der Waals surface area contributed by atoms with Crippen LogP contribution >= 0.6 is 0 Å². The SMILES string of the molecule is NCC1(C(=O)Nc2c(F)cc(F)cc2[N+](=O)[O-])CC1. The molecular formula is C11H11F2N3O3. The zero-order valence-electron chi connectivity index (χ0n) is 9.78. The van der Waals surface area contributed by atoms with E-state index in [1.54, 1.807) is 0 Å². The summed E-state index contributed by atoms with van der Waals surface area (Å²) in [6.45, 7) is 0.0788. The molecule has 2 rings (SSSR count). The van der Waals surface area contributed by atoms with E-state index in [9.17, 15) is 23.7 Å². The molecule has 1 aliphatic rings. The number of amides is 1. The zero-order chi connectivity index (χ0) is 14.2. The summed E-state index contributed by atoms with van der Waals surface area (Å²) in [4.78, 5) is 21.6. The minimum absolute atomic E-state index is 0.0788. The Bertz CT molecular complexity index is 558. The molecule has 19 heavy (non-hydrogen) atoms. The van der Waals surface area contributed by atoms with Gasteiger partial charge >= 0.3 is 0 Å². The second kappa shape index (κ2) is 4.54. The summed E-state index contributed by atoms with van der Waals surface area (Å²) in [6, 6.07) is 1.03. The molecule has 1 saturated carbocycles. The van der Waals surface area contributed by atoms with Crippen LogP contribution in [0.4, 0.5) is 20.2 Å². The van der Waals surface area contributed by atoms with Crippen molar-refractivity contribution >= 4 is 17.3 Å². The van der Waals surface area contributed by atoms with Crippen LogP contribution in [0.5, 0.6) is 0 Å². The van der Waals surface area contributed by atoms with E-state index >= 15 is 0 Å². The zero-order valence-corrected chi connectivity index (χ0v) is 9.78. The Morgan fingerprint density at radius 1 is 1.47 bits per heavy atom. The molecule has 8 heteroatoms. The maximum absolute atomic E-state index is 13.6. The van der Waals surface area contributed by atoms with Gasteiger partial charge in [-0.2, -0.15) is 0 Å². The Labute approximate surface area is 106 Å². The van der Waals surface area contributed by atoms with Gasteiger partial charge in [-0.15, -0.1) is 0 Å². The van der Waals surface area contributed by atoms with Crippen LogP contribution in [0, 0.1) is 27.2 Å². The molecule has 6 nitrogen and oxygen atoms in total. The number of anilines is 1. The Balaban J connectivity index is 2.34. The van der Waals surface area contributed by atoms with Gasteiger partial charge in [0.1, 0.15) is 5.82 Å². The molecule has 1 aromatic rings. The molecule has 1 aromatic carbocycles. The van der Waals surface area contributed by atoms with Crippen LogP contribution in [0.15, 0.2) is 12.1 Å². The van der Waals surface area contributed by atoms with E-state index in [0.717, 1.165) is 0 Å². The highest BCUT2D eigenvalue weighted by molar-refractivity contribution is 5.99. The number of hydrogen-bond acceptors (Lipinski definition) is 4. The second-order valence-corrected chi connectivity index (χ2v) is 4.48. The Kier molecular flexibility index (Phi) is 3.19. The van der Waals surface area contributed by atoms with E-state index in [1.807, 2.05) is 0 Å². The summed E-state index contributed by atoms with van der Waals surface area (Å²) < 4.78 is 26.5. The molecule has 0 radical (unpaired) electrons. The summed E-state index contributed by atoms with van der Waals surface area (Å²) in [5, 5.41) is 12.9. The highest BCUT2D eigenvalue weighted by atomic mass is 19.1.